The van der Waals surface area contributed by atoms with Crippen LogP contribution < -0.4 is 4.74 Å². The first-order valence-corrected chi connectivity index (χ1v) is 9.12. The molecule has 0 bridgehead atoms. The molecular formula is C18H24N2O5S. The van der Waals surface area contributed by atoms with Gasteiger partial charge in [-0.15, -0.1) is 11.8 Å². The number of carbonyl (C=O) groups excluding carboxylic acids is 3. The smallest absolute Gasteiger partial charge is 0.425 e. The minimum absolute atomic E-state index is 0.212. The molecule has 1 heterocycles. The van der Waals surface area contributed by atoms with Crippen molar-refractivity contribution in [3.05, 3.63) is 24.3 Å². The second-order valence-electron chi connectivity index (χ2n) is 7.34. The molecule has 26 heavy (non-hydrogen) atoms. The van der Waals surface area contributed by atoms with Gasteiger partial charge >= 0.3 is 12.1 Å². The first-order valence-electron chi connectivity index (χ1n) is 8.13. The van der Waals surface area contributed by atoms with Crippen LogP contribution in [0.15, 0.2) is 29.2 Å². The molecule has 8 heteroatoms. The molecule has 0 unspecified atom stereocenters. The monoisotopic (exact) mass is 380 g/mol. The molecule has 1 saturated heterocycles. The molecule has 1 aromatic rings. The Morgan fingerprint density at radius 3 is 2.46 bits per heavy atom. The van der Waals surface area contributed by atoms with Gasteiger partial charge in [-0.2, -0.15) is 4.90 Å². The predicted octanol–water partition coefficient (Wildman–Crippen LogP) is 3.72. The zero-order chi connectivity index (χ0) is 19.7. The van der Waals surface area contributed by atoms with Crippen molar-refractivity contribution in [1.82, 2.24) is 9.80 Å². The summed E-state index contributed by atoms with van der Waals surface area (Å²) in [4.78, 5) is 40.4. The molecule has 0 N–H and O–H groups in total. The van der Waals surface area contributed by atoms with E-state index in [0.717, 1.165) is 4.90 Å². The maximum absolute atomic E-state index is 12.7. The van der Waals surface area contributed by atoms with Gasteiger partial charge in [0, 0.05) is 4.90 Å². The lowest BCUT2D eigenvalue weighted by Crippen LogP contribution is -2.44. The number of carbonyl (C=O) groups is 3. The Hall–Kier alpha value is -2.22. The molecule has 142 valence electrons. The lowest BCUT2D eigenvalue weighted by atomic mass is 10.1. The fourth-order valence-electron chi connectivity index (χ4n) is 2.35. The molecule has 0 saturated carbocycles. The molecule has 1 aliphatic rings. The summed E-state index contributed by atoms with van der Waals surface area (Å²) in [6.07, 6.45) is -0.950. The number of ether oxygens (including phenoxy) is 2. The van der Waals surface area contributed by atoms with E-state index >= 15 is 0 Å². The van der Waals surface area contributed by atoms with Crippen LogP contribution in [0.1, 0.15) is 34.6 Å². The van der Waals surface area contributed by atoms with Crippen LogP contribution in [0.25, 0.3) is 0 Å². The lowest BCUT2D eigenvalue weighted by Gasteiger charge is -2.27. The van der Waals surface area contributed by atoms with E-state index in [1.54, 1.807) is 41.7 Å². The highest BCUT2D eigenvalue weighted by Crippen LogP contribution is 2.33. The second-order valence-corrected chi connectivity index (χ2v) is 8.36. The third-order valence-electron chi connectivity index (χ3n) is 3.80. The molecular weight excluding hydrogens is 356 g/mol. The minimum Gasteiger partial charge on any atom is -0.497 e. The largest absolute Gasteiger partial charge is 0.497 e. The van der Waals surface area contributed by atoms with Crippen molar-refractivity contribution >= 4 is 29.8 Å². The Labute approximate surface area is 157 Å². The van der Waals surface area contributed by atoms with Gasteiger partial charge in [0.2, 0.25) is 0 Å². The predicted molar refractivity (Wildman–Crippen MR) is 98.1 cm³/mol. The van der Waals surface area contributed by atoms with Crippen LogP contribution >= 0.6 is 11.8 Å². The van der Waals surface area contributed by atoms with Crippen LogP contribution in [0.2, 0.25) is 0 Å². The number of amides is 4. The van der Waals surface area contributed by atoms with Crippen molar-refractivity contribution in [3.63, 3.8) is 0 Å². The molecule has 4 amide bonds. The highest BCUT2D eigenvalue weighted by molar-refractivity contribution is 7.99. The molecule has 1 aliphatic heterocycles. The second kappa shape index (κ2) is 7.19. The molecule has 2 rings (SSSR count). The van der Waals surface area contributed by atoms with Gasteiger partial charge in [0.25, 0.3) is 5.91 Å². The zero-order valence-electron chi connectivity index (χ0n) is 15.9. The van der Waals surface area contributed by atoms with Gasteiger partial charge in [-0.25, -0.2) is 9.59 Å². The minimum atomic E-state index is -1.14. The van der Waals surface area contributed by atoms with E-state index in [2.05, 4.69) is 0 Å². The van der Waals surface area contributed by atoms with E-state index < -0.39 is 29.2 Å². The average Bonchev–Trinajstić information content (AvgIpc) is 2.69. The van der Waals surface area contributed by atoms with Gasteiger partial charge in [-0.3, -0.25) is 4.79 Å². The van der Waals surface area contributed by atoms with Crippen LogP contribution in [-0.2, 0) is 9.53 Å². The molecule has 0 spiro atoms. The van der Waals surface area contributed by atoms with Gasteiger partial charge in [-0.1, -0.05) is 6.07 Å². The number of rotatable bonds is 4. The maximum atomic E-state index is 12.7. The maximum Gasteiger partial charge on any atom is 0.425 e. The summed E-state index contributed by atoms with van der Waals surface area (Å²) in [6, 6.07) is 6.71. The van der Waals surface area contributed by atoms with Crippen molar-refractivity contribution in [1.29, 1.82) is 0 Å². The molecule has 7 nitrogen and oxygen atoms in total. The fraction of sp³-hybridized carbons (Fsp3) is 0.500. The summed E-state index contributed by atoms with van der Waals surface area (Å²) in [6.45, 7) is 8.26. The molecule has 0 aliphatic carbocycles. The Kier molecular flexibility index (Phi) is 5.55. The summed E-state index contributed by atoms with van der Waals surface area (Å²) < 4.78 is 10.4. The molecule has 0 atom stereocenters. The van der Waals surface area contributed by atoms with Crippen molar-refractivity contribution in [2.75, 3.05) is 13.0 Å². The van der Waals surface area contributed by atoms with Crippen LogP contribution in [-0.4, -0.2) is 52.0 Å². The lowest BCUT2D eigenvalue weighted by molar-refractivity contribution is -0.131. The van der Waals surface area contributed by atoms with E-state index in [0.29, 0.717) is 10.6 Å². The summed E-state index contributed by atoms with van der Waals surface area (Å²) >= 11 is 1.38. The molecule has 0 radical (unpaired) electrons. The third kappa shape index (κ3) is 4.12. The summed E-state index contributed by atoms with van der Waals surface area (Å²) in [5.74, 6) is 0.320. The number of nitrogens with zero attached hydrogens (tertiary/aromatic N) is 2. The number of imide groups is 3. The normalized spacial score (nSPS) is 16.8. The van der Waals surface area contributed by atoms with E-state index in [1.807, 2.05) is 24.3 Å². The van der Waals surface area contributed by atoms with Crippen LogP contribution in [0.5, 0.6) is 5.75 Å². The summed E-state index contributed by atoms with van der Waals surface area (Å²) in [5, 5.41) is 0. The van der Waals surface area contributed by atoms with Gasteiger partial charge in [0.1, 0.15) is 16.9 Å². The highest BCUT2D eigenvalue weighted by atomic mass is 32.2. The fourth-order valence-corrected chi connectivity index (χ4v) is 3.44. The van der Waals surface area contributed by atoms with E-state index in [4.69, 9.17) is 9.47 Å². The Balaban J connectivity index is 2.16. The third-order valence-corrected chi connectivity index (χ3v) is 4.78. The zero-order valence-corrected chi connectivity index (χ0v) is 16.7. The van der Waals surface area contributed by atoms with Gasteiger partial charge < -0.3 is 14.4 Å². The Morgan fingerprint density at radius 1 is 1.23 bits per heavy atom. The topological polar surface area (TPSA) is 76.2 Å². The standard InChI is InChI=1S/C18H24N2O5S/c1-17(2,3)25-16(23)20-14(21)18(4,5)19(15(20)22)11-26-13-9-7-8-12(10-13)24-6/h7-10H,11H2,1-6H3. The molecule has 1 aromatic carbocycles. The van der Waals surface area contributed by atoms with Crippen molar-refractivity contribution in [2.45, 2.75) is 50.7 Å². The number of thioether (sulfide) groups is 1. The van der Waals surface area contributed by atoms with E-state index in [-0.39, 0.29) is 5.88 Å². The number of hydrogen-bond donors (Lipinski definition) is 0. The van der Waals surface area contributed by atoms with E-state index in [9.17, 15) is 14.4 Å². The SMILES string of the molecule is COc1cccc(SCN2C(=O)N(C(=O)OC(C)(C)C)C(=O)C2(C)C)c1. The quantitative estimate of drug-likeness (QED) is 0.585. The van der Waals surface area contributed by atoms with Gasteiger partial charge in [-0.05, 0) is 52.8 Å². The molecule has 1 fully saturated rings. The molecule has 0 aromatic heterocycles. The highest BCUT2D eigenvalue weighted by Gasteiger charge is 2.54. The number of hydrogen-bond acceptors (Lipinski definition) is 6. The first kappa shape index (κ1) is 20.1. The number of methoxy groups -OCH3 is 1. The van der Waals surface area contributed by atoms with Crippen molar-refractivity contribution in [3.8, 4) is 5.75 Å². The van der Waals surface area contributed by atoms with Gasteiger partial charge in [0.05, 0.1) is 13.0 Å². The van der Waals surface area contributed by atoms with Crippen molar-refractivity contribution < 1.29 is 23.9 Å². The van der Waals surface area contributed by atoms with E-state index in [1.165, 1.54) is 16.7 Å². The van der Waals surface area contributed by atoms with Crippen LogP contribution in [0.4, 0.5) is 9.59 Å². The average molecular weight is 380 g/mol. The van der Waals surface area contributed by atoms with Crippen molar-refractivity contribution in [2.24, 2.45) is 0 Å². The summed E-state index contributed by atoms with van der Waals surface area (Å²) in [5.41, 5.74) is -1.94. The first-order chi connectivity index (χ1) is 12.0. The summed E-state index contributed by atoms with van der Waals surface area (Å²) in [7, 11) is 1.58. The van der Waals surface area contributed by atoms with Gasteiger partial charge in [0.15, 0.2) is 0 Å². The number of urea groups is 1. The number of benzene rings is 1. The Morgan fingerprint density at radius 2 is 1.88 bits per heavy atom. The van der Waals surface area contributed by atoms with Crippen LogP contribution in [0.3, 0.4) is 0 Å². The Bertz CT molecular complexity index is 727. The van der Waals surface area contributed by atoms with Crippen LogP contribution in [0, 0.1) is 0 Å².